The molecule has 13 heavy (non-hydrogen) atoms. The highest BCUT2D eigenvalue weighted by Crippen LogP contribution is 2.15. The van der Waals surface area contributed by atoms with E-state index < -0.39 is 11.8 Å². The summed E-state index contributed by atoms with van der Waals surface area (Å²) in [6.45, 7) is 2.30. The van der Waals surface area contributed by atoms with E-state index in [2.05, 4.69) is 9.68 Å². The molecule has 5 heteroatoms. The van der Waals surface area contributed by atoms with Crippen LogP contribution in [0.2, 0.25) is 0 Å². The summed E-state index contributed by atoms with van der Waals surface area (Å²) in [5.74, 6) is -1.35. The van der Waals surface area contributed by atoms with Gasteiger partial charge in [-0.3, -0.25) is 5.11 Å². The highest BCUT2D eigenvalue weighted by atomic mass is 16.5. The van der Waals surface area contributed by atoms with Crippen LogP contribution in [0, 0.1) is 0 Å². The first-order chi connectivity index (χ1) is 6.25. The molecule has 0 aliphatic rings. The molecule has 0 amide bonds. The molecule has 0 N–H and O–H groups in total. The average molecular weight is 184 g/mol. The third-order valence-electron chi connectivity index (χ3n) is 1.49. The van der Waals surface area contributed by atoms with Gasteiger partial charge < -0.3 is 9.26 Å². The van der Waals surface area contributed by atoms with E-state index in [0.717, 1.165) is 19.1 Å². The number of ether oxygens (including phenoxy) is 1. The third kappa shape index (κ3) is 2.47. The number of hydrogen-bond donors (Lipinski definition) is 0. The van der Waals surface area contributed by atoms with Gasteiger partial charge in [0.25, 0.3) is 0 Å². The zero-order valence-electron chi connectivity index (χ0n) is 7.28. The molecule has 0 aliphatic heterocycles. The lowest BCUT2D eigenvalue weighted by Crippen LogP contribution is -2.05. The zero-order chi connectivity index (χ0) is 9.68. The number of nitrogens with zero attached hydrogens (tertiary/aromatic N) is 1. The monoisotopic (exact) mass is 184 g/mol. The first-order valence-electron chi connectivity index (χ1n) is 4.04. The van der Waals surface area contributed by atoms with E-state index in [1.807, 2.05) is 6.92 Å². The van der Waals surface area contributed by atoms with Gasteiger partial charge in [-0.25, -0.2) is 4.79 Å². The summed E-state index contributed by atoms with van der Waals surface area (Å²) >= 11 is 0. The first-order valence-corrected chi connectivity index (χ1v) is 4.04. The second-order valence-electron chi connectivity index (χ2n) is 2.52. The predicted octanol–water partition coefficient (Wildman–Crippen LogP) is 1.78. The zero-order valence-corrected chi connectivity index (χ0v) is 7.28. The van der Waals surface area contributed by atoms with Gasteiger partial charge in [-0.2, -0.15) is 0 Å². The van der Waals surface area contributed by atoms with Gasteiger partial charge in [-0.15, -0.1) is 0 Å². The topological polar surface area (TPSA) is 72.2 Å². The van der Waals surface area contributed by atoms with E-state index in [1.165, 1.54) is 0 Å². The van der Waals surface area contributed by atoms with Crippen molar-refractivity contribution in [3.8, 4) is 5.88 Å². The Balaban J connectivity index is 2.45. The summed E-state index contributed by atoms with van der Waals surface area (Å²) in [6.07, 6.45) is 2.71. The van der Waals surface area contributed by atoms with Gasteiger partial charge in [0.05, 0.1) is 6.61 Å². The lowest BCUT2D eigenvalue weighted by atomic mass is 10.3. The highest BCUT2D eigenvalue weighted by molar-refractivity contribution is 5.91. The van der Waals surface area contributed by atoms with E-state index in [4.69, 9.17) is 4.74 Å². The van der Waals surface area contributed by atoms with Gasteiger partial charge in [-0.05, 0) is 11.6 Å². The van der Waals surface area contributed by atoms with Crippen molar-refractivity contribution in [2.24, 2.45) is 0 Å². The van der Waals surface area contributed by atoms with Crippen molar-refractivity contribution in [2.45, 2.75) is 19.8 Å². The van der Waals surface area contributed by atoms with Gasteiger partial charge >= 0.3 is 11.8 Å². The molecule has 0 bridgehead atoms. The Hall–Kier alpha value is -1.52. The minimum atomic E-state index is -0.679. The van der Waals surface area contributed by atoms with Crippen LogP contribution in [0.1, 0.15) is 30.1 Å². The Morgan fingerprint density at radius 3 is 3.00 bits per heavy atom. The Kier molecular flexibility index (Phi) is 3.31. The second-order valence-corrected chi connectivity index (χ2v) is 2.52. The minimum absolute atomic E-state index is 0.142. The third-order valence-corrected chi connectivity index (χ3v) is 1.49. The summed E-state index contributed by atoms with van der Waals surface area (Å²) in [6, 6.07) is 0. The lowest BCUT2D eigenvalue weighted by Gasteiger charge is -1.99. The fourth-order valence-electron chi connectivity index (χ4n) is 0.749. The van der Waals surface area contributed by atoms with Crippen molar-refractivity contribution in [2.75, 3.05) is 6.61 Å². The van der Waals surface area contributed by atoms with Crippen molar-refractivity contribution >= 4 is 5.97 Å². The van der Waals surface area contributed by atoms with Crippen LogP contribution in [0.4, 0.5) is 0 Å². The minimum Gasteiger partial charge on any atom is -0.462 e. The number of aromatic nitrogens is 1. The molecule has 0 aromatic carbocycles. The Bertz CT molecular complexity index is 281. The van der Waals surface area contributed by atoms with Gasteiger partial charge in [0.15, 0.2) is 5.56 Å². The fraction of sp³-hybridized carbons (Fsp3) is 0.500. The quantitative estimate of drug-likeness (QED) is 0.528. The fourth-order valence-corrected chi connectivity index (χ4v) is 0.749. The van der Waals surface area contributed by atoms with Crippen molar-refractivity contribution < 1.29 is 19.2 Å². The largest absolute Gasteiger partial charge is 0.462 e. The molecular weight excluding hydrogens is 174 g/mol. The predicted molar refractivity (Wildman–Crippen MR) is 41.8 cm³/mol. The normalized spacial score (nSPS) is 9.92. The second kappa shape index (κ2) is 4.49. The van der Waals surface area contributed by atoms with E-state index in [-0.39, 0.29) is 5.56 Å². The van der Waals surface area contributed by atoms with Crippen LogP contribution in [0.25, 0.3) is 0 Å². The molecule has 0 saturated carbocycles. The van der Waals surface area contributed by atoms with Gasteiger partial charge in [-0.1, -0.05) is 13.3 Å². The lowest BCUT2D eigenvalue weighted by molar-refractivity contribution is 0.0494. The summed E-state index contributed by atoms with van der Waals surface area (Å²) < 4.78 is 9.08. The molecule has 0 atom stereocenters. The summed E-state index contributed by atoms with van der Waals surface area (Å²) in [7, 11) is 0. The highest BCUT2D eigenvalue weighted by Gasteiger charge is 2.17. The number of hydrogen-bond acceptors (Lipinski definition) is 4. The van der Waals surface area contributed by atoms with Crippen LogP contribution >= 0.6 is 0 Å². The van der Waals surface area contributed by atoms with Crippen LogP contribution in [0.15, 0.2) is 10.8 Å². The Morgan fingerprint density at radius 2 is 2.46 bits per heavy atom. The van der Waals surface area contributed by atoms with Crippen molar-refractivity contribution in [1.82, 2.24) is 5.16 Å². The molecule has 0 unspecified atom stereocenters. The van der Waals surface area contributed by atoms with Crippen LogP contribution in [-0.4, -0.2) is 17.7 Å². The van der Waals surface area contributed by atoms with Crippen molar-refractivity contribution in [3.05, 3.63) is 11.8 Å². The van der Waals surface area contributed by atoms with Crippen molar-refractivity contribution in [3.63, 3.8) is 0 Å². The number of rotatable bonds is 4. The molecule has 1 rings (SSSR count). The SMILES string of the molecule is CCCCOC(=O)c1conc1[O]. The number of esters is 1. The summed E-state index contributed by atoms with van der Waals surface area (Å²) in [5, 5.41) is 13.8. The number of unbranched alkanes of at least 4 members (excludes halogenated alkanes) is 1. The van der Waals surface area contributed by atoms with E-state index in [9.17, 15) is 9.90 Å². The van der Waals surface area contributed by atoms with E-state index in [1.54, 1.807) is 0 Å². The standard InChI is InChI=1S/C8H10NO4/c1-2-3-4-12-8(11)6-5-13-9-7(6)10/h5H,2-4H2,1H3. The molecular formula is C8H10NO4. The first kappa shape index (κ1) is 9.57. The molecule has 1 radical (unpaired) electrons. The number of carbonyl (C=O) groups excluding carboxylic acids is 1. The summed E-state index contributed by atoms with van der Waals surface area (Å²) in [5.41, 5.74) is -0.142. The van der Waals surface area contributed by atoms with Gasteiger partial charge in [0.1, 0.15) is 6.26 Å². The molecule has 0 fully saturated rings. The molecule has 1 aromatic heterocycles. The van der Waals surface area contributed by atoms with Crippen LogP contribution in [-0.2, 0) is 9.84 Å². The van der Waals surface area contributed by atoms with Crippen LogP contribution < -0.4 is 0 Å². The smallest absolute Gasteiger partial charge is 0.347 e. The Labute approximate surface area is 75.3 Å². The molecule has 5 nitrogen and oxygen atoms in total. The van der Waals surface area contributed by atoms with E-state index >= 15 is 0 Å². The summed E-state index contributed by atoms with van der Waals surface area (Å²) in [4.78, 5) is 11.1. The van der Waals surface area contributed by atoms with Gasteiger partial charge in [0.2, 0.25) is 0 Å². The molecule has 0 aliphatic carbocycles. The maximum atomic E-state index is 11.1. The molecule has 1 aromatic rings. The maximum Gasteiger partial charge on any atom is 0.347 e. The Morgan fingerprint density at radius 1 is 1.69 bits per heavy atom. The maximum absolute atomic E-state index is 11.1. The van der Waals surface area contributed by atoms with Crippen LogP contribution in [0.3, 0.4) is 0 Å². The van der Waals surface area contributed by atoms with Crippen molar-refractivity contribution in [1.29, 1.82) is 0 Å². The van der Waals surface area contributed by atoms with Gasteiger partial charge in [0, 0.05) is 0 Å². The van der Waals surface area contributed by atoms with Crippen LogP contribution in [0.5, 0.6) is 5.88 Å². The molecule has 71 valence electrons. The molecule has 0 saturated heterocycles. The molecule has 0 spiro atoms. The average Bonchev–Trinajstić information content (AvgIpc) is 2.52. The number of carbonyl (C=O) groups is 1. The van der Waals surface area contributed by atoms with E-state index in [0.29, 0.717) is 6.61 Å². The molecule has 1 heterocycles.